The molecule has 0 aromatic carbocycles. The van der Waals surface area contributed by atoms with Crippen LogP contribution in [0.4, 0.5) is 0 Å². The lowest BCUT2D eigenvalue weighted by Gasteiger charge is -2.17. The van der Waals surface area contributed by atoms with Crippen LogP contribution in [-0.4, -0.2) is 46.7 Å². The normalized spacial score (nSPS) is 19.6. The molecule has 3 N–H and O–H groups in total. The maximum Gasteiger partial charge on any atom is 0.323 e. The van der Waals surface area contributed by atoms with Crippen LogP contribution in [0.3, 0.4) is 0 Å². The summed E-state index contributed by atoms with van der Waals surface area (Å²) in [7, 11) is 2.11. The number of aliphatic carboxylic acids is 1. The molecule has 5 heteroatoms. The summed E-state index contributed by atoms with van der Waals surface area (Å²) in [5.41, 5.74) is 4.61. The molecule has 1 fully saturated rings. The summed E-state index contributed by atoms with van der Waals surface area (Å²) in [5.74, 6) is -0.847. The average Bonchev–Trinajstić information content (AvgIpc) is 3.06. The number of nitrogens with zero attached hydrogens (tertiary/aromatic N) is 2. The maximum absolute atomic E-state index is 10.4. The number of carbonyl (C=O) groups is 1. The quantitative estimate of drug-likeness (QED) is 0.737. The van der Waals surface area contributed by atoms with Crippen molar-refractivity contribution in [3.63, 3.8) is 0 Å². The minimum atomic E-state index is -0.889. The van der Waals surface area contributed by atoms with Crippen LogP contribution in [0.15, 0.2) is 12.4 Å². The molecule has 1 aliphatic carbocycles. The van der Waals surface area contributed by atoms with Crippen molar-refractivity contribution in [3.05, 3.63) is 12.4 Å². The van der Waals surface area contributed by atoms with Crippen LogP contribution in [0.5, 0.6) is 0 Å². The van der Waals surface area contributed by atoms with Gasteiger partial charge in [-0.25, -0.2) is 0 Å². The van der Waals surface area contributed by atoms with Crippen LogP contribution >= 0.6 is 0 Å². The van der Waals surface area contributed by atoms with Crippen LogP contribution in [0.25, 0.3) is 0 Å². The van der Waals surface area contributed by atoms with Gasteiger partial charge in [0, 0.05) is 26.0 Å². The van der Waals surface area contributed by atoms with Gasteiger partial charge < -0.3 is 20.6 Å². The number of hydrogen-bond acceptors (Lipinski definition) is 4. The lowest BCUT2D eigenvalue weighted by molar-refractivity contribution is -0.143. The summed E-state index contributed by atoms with van der Waals surface area (Å²) >= 11 is 0. The minimum absolute atomic E-state index is 0.641. The van der Waals surface area contributed by atoms with Gasteiger partial charge in [-0.3, -0.25) is 4.79 Å². The van der Waals surface area contributed by atoms with Gasteiger partial charge in [0.1, 0.15) is 5.54 Å². The Labute approximate surface area is 128 Å². The summed E-state index contributed by atoms with van der Waals surface area (Å²) < 4.78 is 0. The highest BCUT2D eigenvalue weighted by molar-refractivity contribution is 5.78. The first-order valence-corrected chi connectivity index (χ1v) is 8.13. The first kappa shape index (κ1) is 17.8. The van der Waals surface area contributed by atoms with Crippen LogP contribution < -0.4 is 5.73 Å². The highest BCUT2D eigenvalue weighted by Crippen LogP contribution is 2.26. The van der Waals surface area contributed by atoms with Gasteiger partial charge in [0.15, 0.2) is 0 Å². The van der Waals surface area contributed by atoms with Gasteiger partial charge in [-0.2, -0.15) is 0 Å². The number of hydrogen-bond donors (Lipinski definition) is 2. The SMILES string of the molecule is CCCCCCN1C=CN(C)C1.NC1(C(=O)O)CCCC1. The van der Waals surface area contributed by atoms with Crippen molar-refractivity contribution in [3.8, 4) is 0 Å². The van der Waals surface area contributed by atoms with Crippen molar-refractivity contribution in [1.29, 1.82) is 0 Å². The predicted octanol–water partition coefficient (Wildman–Crippen LogP) is 2.59. The zero-order valence-corrected chi connectivity index (χ0v) is 13.6. The second kappa shape index (κ2) is 8.93. The first-order chi connectivity index (χ1) is 9.98. The highest BCUT2D eigenvalue weighted by atomic mass is 16.4. The molecule has 1 aliphatic heterocycles. The van der Waals surface area contributed by atoms with Gasteiger partial charge in [0.05, 0.1) is 6.67 Å². The Hall–Kier alpha value is -1.23. The molecule has 0 atom stereocenters. The maximum atomic E-state index is 10.4. The van der Waals surface area contributed by atoms with E-state index in [4.69, 9.17) is 10.8 Å². The molecule has 1 heterocycles. The number of unbranched alkanes of at least 4 members (excludes halogenated alkanes) is 3. The van der Waals surface area contributed by atoms with E-state index < -0.39 is 11.5 Å². The second-order valence-electron chi connectivity index (χ2n) is 6.24. The molecule has 0 spiro atoms. The fraction of sp³-hybridized carbons (Fsp3) is 0.812. The summed E-state index contributed by atoms with van der Waals surface area (Å²) in [6, 6.07) is 0. The number of rotatable bonds is 6. The molecule has 2 aliphatic rings. The second-order valence-corrected chi connectivity index (χ2v) is 6.24. The molecule has 0 aromatic rings. The van der Waals surface area contributed by atoms with E-state index in [1.165, 1.54) is 32.2 Å². The van der Waals surface area contributed by atoms with E-state index in [9.17, 15) is 4.79 Å². The Morgan fingerprint density at radius 3 is 2.33 bits per heavy atom. The molecule has 122 valence electrons. The van der Waals surface area contributed by atoms with Crippen LogP contribution in [0.1, 0.15) is 58.3 Å². The van der Waals surface area contributed by atoms with Crippen molar-refractivity contribution in [2.24, 2.45) is 5.73 Å². The molecule has 21 heavy (non-hydrogen) atoms. The molecule has 0 radical (unpaired) electrons. The number of carboxylic acids is 1. The van der Waals surface area contributed by atoms with Crippen LogP contribution in [0, 0.1) is 0 Å². The Morgan fingerprint density at radius 2 is 1.90 bits per heavy atom. The van der Waals surface area contributed by atoms with E-state index >= 15 is 0 Å². The van der Waals surface area contributed by atoms with Gasteiger partial charge >= 0.3 is 5.97 Å². The average molecular weight is 297 g/mol. The van der Waals surface area contributed by atoms with E-state index in [0.717, 1.165) is 19.5 Å². The highest BCUT2D eigenvalue weighted by Gasteiger charge is 2.36. The van der Waals surface area contributed by atoms with E-state index in [1.54, 1.807) is 0 Å². The van der Waals surface area contributed by atoms with E-state index in [2.05, 4.69) is 36.2 Å². The molecule has 2 rings (SSSR count). The van der Waals surface area contributed by atoms with Crippen LogP contribution in [-0.2, 0) is 4.79 Å². The molecule has 0 aromatic heterocycles. The molecule has 0 saturated heterocycles. The monoisotopic (exact) mass is 297 g/mol. The van der Waals surface area contributed by atoms with Crippen molar-refractivity contribution in [2.45, 2.75) is 63.8 Å². The zero-order chi connectivity index (χ0) is 15.7. The summed E-state index contributed by atoms with van der Waals surface area (Å²) in [6.07, 6.45) is 13.0. The van der Waals surface area contributed by atoms with Crippen LogP contribution in [0.2, 0.25) is 0 Å². The molecule has 5 nitrogen and oxygen atoms in total. The smallest absolute Gasteiger partial charge is 0.323 e. The summed E-state index contributed by atoms with van der Waals surface area (Å²) in [4.78, 5) is 15.0. The van der Waals surface area contributed by atoms with Crippen molar-refractivity contribution < 1.29 is 9.90 Å². The summed E-state index contributed by atoms with van der Waals surface area (Å²) in [6.45, 7) is 4.55. The third-order valence-electron chi connectivity index (χ3n) is 4.16. The van der Waals surface area contributed by atoms with Crippen molar-refractivity contribution in [2.75, 3.05) is 20.3 Å². The predicted molar refractivity (Wildman–Crippen MR) is 85.6 cm³/mol. The molecule has 0 amide bonds. The standard InChI is InChI=1S/C10H20N2.C6H11NO2/c1-3-4-5-6-7-12-9-8-11(2)10-12;7-6(5(8)9)3-1-2-4-6/h8-9H,3-7,10H2,1-2H3;1-4,7H2,(H,8,9). The van der Waals surface area contributed by atoms with Crippen molar-refractivity contribution >= 4 is 5.97 Å². The largest absolute Gasteiger partial charge is 0.480 e. The molecule has 0 unspecified atom stereocenters. The third kappa shape index (κ3) is 6.38. The Morgan fingerprint density at radius 1 is 1.24 bits per heavy atom. The fourth-order valence-corrected chi connectivity index (χ4v) is 2.70. The third-order valence-corrected chi connectivity index (χ3v) is 4.16. The van der Waals surface area contributed by atoms with Gasteiger partial charge in [-0.05, 0) is 19.3 Å². The van der Waals surface area contributed by atoms with E-state index in [0.29, 0.717) is 12.8 Å². The number of nitrogens with two attached hydrogens (primary N) is 1. The fourth-order valence-electron chi connectivity index (χ4n) is 2.70. The molecular formula is C16H31N3O2. The minimum Gasteiger partial charge on any atom is -0.480 e. The van der Waals surface area contributed by atoms with Gasteiger partial charge in [0.2, 0.25) is 0 Å². The zero-order valence-electron chi connectivity index (χ0n) is 13.6. The molecular weight excluding hydrogens is 266 g/mol. The Balaban J connectivity index is 0.000000219. The molecule has 0 bridgehead atoms. The van der Waals surface area contributed by atoms with E-state index in [1.807, 2.05) is 0 Å². The topological polar surface area (TPSA) is 69.8 Å². The van der Waals surface area contributed by atoms with Gasteiger partial charge in [-0.1, -0.05) is 39.0 Å². The first-order valence-electron chi connectivity index (χ1n) is 8.13. The van der Waals surface area contributed by atoms with Crippen molar-refractivity contribution in [1.82, 2.24) is 9.80 Å². The Bertz CT molecular complexity index is 338. The van der Waals surface area contributed by atoms with Gasteiger partial charge in [-0.15, -0.1) is 0 Å². The van der Waals surface area contributed by atoms with Gasteiger partial charge in [0.25, 0.3) is 0 Å². The Kier molecular flexibility index (Phi) is 7.57. The lowest BCUT2D eigenvalue weighted by atomic mass is 10.0. The lowest BCUT2D eigenvalue weighted by Crippen LogP contribution is -2.44. The van der Waals surface area contributed by atoms with E-state index in [-0.39, 0.29) is 0 Å². The summed E-state index contributed by atoms with van der Waals surface area (Å²) in [5, 5.41) is 8.55. The number of carboxylic acid groups (broad SMARTS) is 1. The molecule has 1 saturated carbocycles.